The second kappa shape index (κ2) is 2.87. The highest BCUT2D eigenvalue weighted by Crippen LogP contribution is 1.84. The summed E-state index contributed by atoms with van der Waals surface area (Å²) in [5.74, 6) is 0.698. The van der Waals surface area contributed by atoms with Crippen molar-refractivity contribution in [3.63, 3.8) is 0 Å². The predicted molar refractivity (Wildman–Crippen MR) is 30.6 cm³/mol. The van der Waals surface area contributed by atoms with Gasteiger partial charge in [-0.3, -0.25) is 0 Å². The molecule has 0 aromatic heterocycles. The van der Waals surface area contributed by atoms with Crippen LogP contribution < -0.4 is 0 Å². The Bertz CT molecular complexity index is 21.6. The van der Waals surface area contributed by atoms with E-state index in [4.69, 9.17) is 0 Å². The molecule has 0 unspecified atom stereocenters. The summed E-state index contributed by atoms with van der Waals surface area (Å²) >= 11 is 7.72. The van der Waals surface area contributed by atoms with Crippen LogP contribution in [0.5, 0.6) is 0 Å². The highest BCUT2D eigenvalue weighted by Gasteiger charge is 1.74. The maximum absolute atomic E-state index is 3.86. The van der Waals surface area contributed by atoms with Gasteiger partial charge in [-0.2, -0.15) is 12.6 Å². The number of rotatable bonds is 1. The molecule has 0 aromatic carbocycles. The third-order valence-electron chi connectivity index (χ3n) is 0.205. The molecule has 5 heavy (non-hydrogen) atoms. The summed E-state index contributed by atoms with van der Waals surface area (Å²) in [6.07, 6.45) is 0. The van der Waals surface area contributed by atoms with Crippen molar-refractivity contribution in [2.45, 2.75) is 0 Å². The zero-order valence-corrected chi connectivity index (χ0v) is 4.84. The zero-order valence-electron chi connectivity index (χ0n) is 3.05. The second-order valence-corrected chi connectivity index (χ2v) is 1.76. The SMILES string of the molecule is CN(S)CS. The predicted octanol–water partition coefficient (Wildman–Crippen LogP) is 0.650. The van der Waals surface area contributed by atoms with E-state index in [2.05, 4.69) is 25.4 Å². The van der Waals surface area contributed by atoms with Crippen molar-refractivity contribution in [1.29, 1.82) is 0 Å². The highest BCUT2D eigenvalue weighted by molar-refractivity contribution is 7.82. The van der Waals surface area contributed by atoms with E-state index in [0.29, 0.717) is 5.88 Å². The standard InChI is InChI=1S/C2H7NS2/c1-3(5)2-4/h4-5H,2H2,1H3. The molecule has 1 nitrogen and oxygen atoms in total. The van der Waals surface area contributed by atoms with Gasteiger partial charge in [0.25, 0.3) is 0 Å². The number of hydrogen-bond acceptors (Lipinski definition) is 3. The molecule has 0 aromatic rings. The Kier molecular flexibility index (Phi) is 3.25. The van der Waals surface area contributed by atoms with E-state index >= 15 is 0 Å². The summed E-state index contributed by atoms with van der Waals surface area (Å²) in [6, 6.07) is 0. The Labute approximate surface area is 43.3 Å². The van der Waals surface area contributed by atoms with Crippen LogP contribution in [-0.4, -0.2) is 17.2 Å². The third kappa shape index (κ3) is 4.66. The molecular formula is C2H7NS2. The van der Waals surface area contributed by atoms with E-state index in [1.807, 2.05) is 7.05 Å². The lowest BCUT2D eigenvalue weighted by Crippen LogP contribution is -1.98. The van der Waals surface area contributed by atoms with Gasteiger partial charge in [0.2, 0.25) is 0 Å². The normalized spacial score (nSPS) is 9.60. The van der Waals surface area contributed by atoms with Gasteiger partial charge >= 0.3 is 0 Å². The summed E-state index contributed by atoms with van der Waals surface area (Å²) in [5.41, 5.74) is 0. The van der Waals surface area contributed by atoms with Crippen LogP contribution in [0.4, 0.5) is 0 Å². The number of hydrogen-bond donors (Lipinski definition) is 2. The van der Waals surface area contributed by atoms with Crippen LogP contribution >= 0.6 is 25.4 Å². The van der Waals surface area contributed by atoms with Crippen molar-refractivity contribution < 1.29 is 0 Å². The van der Waals surface area contributed by atoms with Gasteiger partial charge in [-0.25, -0.2) is 4.31 Å². The van der Waals surface area contributed by atoms with Crippen LogP contribution in [0.25, 0.3) is 0 Å². The van der Waals surface area contributed by atoms with Crippen LogP contribution in [0.1, 0.15) is 0 Å². The highest BCUT2D eigenvalue weighted by atomic mass is 32.1. The van der Waals surface area contributed by atoms with Gasteiger partial charge in [-0.1, -0.05) is 12.8 Å². The Morgan fingerprint density at radius 3 is 2.00 bits per heavy atom. The monoisotopic (exact) mass is 109 g/mol. The van der Waals surface area contributed by atoms with Crippen LogP contribution in [0.15, 0.2) is 0 Å². The Balaban J connectivity index is 2.54. The molecule has 0 N–H and O–H groups in total. The lowest BCUT2D eigenvalue weighted by Gasteiger charge is -1.97. The van der Waals surface area contributed by atoms with Crippen molar-refractivity contribution in [1.82, 2.24) is 4.31 Å². The van der Waals surface area contributed by atoms with Gasteiger partial charge in [0.1, 0.15) is 0 Å². The molecule has 0 aliphatic heterocycles. The Morgan fingerprint density at radius 2 is 2.00 bits per heavy atom. The molecule has 3 heteroatoms. The van der Waals surface area contributed by atoms with E-state index in [-0.39, 0.29) is 0 Å². The fourth-order valence-electron chi connectivity index (χ4n) is 0. The number of thiol groups is 2. The smallest absolute Gasteiger partial charge is 0.0511 e. The Hall–Kier alpha value is 0.660. The molecule has 32 valence electrons. The van der Waals surface area contributed by atoms with Crippen molar-refractivity contribution >= 4 is 25.4 Å². The van der Waals surface area contributed by atoms with Crippen molar-refractivity contribution in [3.05, 3.63) is 0 Å². The molecule has 0 aliphatic carbocycles. The van der Waals surface area contributed by atoms with Gasteiger partial charge in [0.15, 0.2) is 0 Å². The van der Waals surface area contributed by atoms with Crippen molar-refractivity contribution in [2.24, 2.45) is 0 Å². The van der Waals surface area contributed by atoms with E-state index in [0.717, 1.165) is 0 Å². The molecule has 0 bridgehead atoms. The molecular weight excluding hydrogens is 102 g/mol. The summed E-state index contributed by atoms with van der Waals surface area (Å²) in [4.78, 5) is 0. The lowest BCUT2D eigenvalue weighted by molar-refractivity contribution is 0.689. The first-order chi connectivity index (χ1) is 2.27. The fourth-order valence-corrected chi connectivity index (χ4v) is 0. The minimum absolute atomic E-state index is 0.698. The van der Waals surface area contributed by atoms with Crippen LogP contribution in [0.3, 0.4) is 0 Å². The first kappa shape index (κ1) is 5.66. The minimum Gasteiger partial charge on any atom is -0.247 e. The summed E-state index contributed by atoms with van der Waals surface area (Å²) < 4.78 is 1.68. The third-order valence-corrected chi connectivity index (χ3v) is 0.993. The summed E-state index contributed by atoms with van der Waals surface area (Å²) in [6.45, 7) is 0. The maximum Gasteiger partial charge on any atom is 0.0511 e. The largest absolute Gasteiger partial charge is 0.247 e. The van der Waals surface area contributed by atoms with Gasteiger partial charge in [-0.15, -0.1) is 0 Å². The summed E-state index contributed by atoms with van der Waals surface area (Å²) in [7, 11) is 1.84. The van der Waals surface area contributed by atoms with E-state index in [9.17, 15) is 0 Å². The van der Waals surface area contributed by atoms with Gasteiger partial charge in [-0.05, 0) is 7.05 Å². The average Bonchev–Trinajstić information content (AvgIpc) is 1.38. The van der Waals surface area contributed by atoms with Gasteiger partial charge in [0, 0.05) is 0 Å². The van der Waals surface area contributed by atoms with E-state index in [1.54, 1.807) is 4.31 Å². The first-order valence-electron chi connectivity index (χ1n) is 1.28. The average molecular weight is 109 g/mol. The number of nitrogens with zero attached hydrogens (tertiary/aromatic N) is 1. The quantitative estimate of drug-likeness (QED) is 0.369. The fraction of sp³-hybridized carbons (Fsp3) is 1.00. The van der Waals surface area contributed by atoms with Crippen molar-refractivity contribution in [3.8, 4) is 0 Å². The molecule has 0 radical (unpaired) electrons. The molecule has 0 rings (SSSR count). The molecule has 0 fully saturated rings. The summed E-state index contributed by atoms with van der Waals surface area (Å²) in [5, 5.41) is 0. The zero-order chi connectivity index (χ0) is 4.28. The van der Waals surface area contributed by atoms with Crippen LogP contribution in [-0.2, 0) is 0 Å². The van der Waals surface area contributed by atoms with Gasteiger partial charge < -0.3 is 0 Å². The minimum atomic E-state index is 0.698. The molecule has 0 amide bonds. The van der Waals surface area contributed by atoms with Crippen LogP contribution in [0, 0.1) is 0 Å². The van der Waals surface area contributed by atoms with Crippen LogP contribution in [0.2, 0.25) is 0 Å². The molecule has 0 saturated heterocycles. The van der Waals surface area contributed by atoms with Gasteiger partial charge in [0.05, 0.1) is 5.88 Å². The van der Waals surface area contributed by atoms with E-state index < -0.39 is 0 Å². The maximum atomic E-state index is 3.86. The second-order valence-electron chi connectivity index (χ2n) is 0.799. The molecule has 0 heterocycles. The molecule has 0 atom stereocenters. The molecule has 0 aliphatic rings. The first-order valence-corrected chi connectivity index (χ1v) is 2.31. The molecule has 0 saturated carbocycles. The lowest BCUT2D eigenvalue weighted by atomic mass is 11.2. The Morgan fingerprint density at radius 1 is 1.80 bits per heavy atom. The topological polar surface area (TPSA) is 3.24 Å². The van der Waals surface area contributed by atoms with E-state index in [1.165, 1.54) is 0 Å². The van der Waals surface area contributed by atoms with Crippen molar-refractivity contribution in [2.75, 3.05) is 12.9 Å². The molecule has 0 spiro atoms.